The Labute approximate surface area is 177 Å². The molecule has 1 N–H and O–H groups in total. The first kappa shape index (κ1) is 20.5. The summed E-state index contributed by atoms with van der Waals surface area (Å²) in [5.74, 6) is -0.0818. The zero-order valence-electron chi connectivity index (χ0n) is 17.6. The van der Waals surface area contributed by atoms with Gasteiger partial charge in [0.05, 0.1) is 11.9 Å². The van der Waals surface area contributed by atoms with Gasteiger partial charge in [-0.1, -0.05) is 30.3 Å². The van der Waals surface area contributed by atoms with E-state index < -0.39 is 0 Å². The van der Waals surface area contributed by atoms with Gasteiger partial charge in [-0.2, -0.15) is 0 Å². The van der Waals surface area contributed by atoms with Crippen LogP contribution >= 0.6 is 0 Å². The first-order valence-electron chi connectivity index (χ1n) is 10.7. The quantitative estimate of drug-likeness (QED) is 0.580. The summed E-state index contributed by atoms with van der Waals surface area (Å²) in [6, 6.07) is 12.2. The minimum absolute atomic E-state index is 0.0818. The molecule has 7 heteroatoms. The number of likely N-dealkylation sites (N-methyl/N-ethyl adjacent to an activating group) is 1. The Bertz CT molecular complexity index is 962. The molecule has 0 bridgehead atoms. The van der Waals surface area contributed by atoms with Crippen LogP contribution in [0.4, 0.5) is 0 Å². The van der Waals surface area contributed by atoms with Crippen molar-refractivity contribution in [1.29, 1.82) is 0 Å². The second kappa shape index (κ2) is 9.82. The van der Waals surface area contributed by atoms with E-state index in [1.165, 1.54) is 5.56 Å². The summed E-state index contributed by atoms with van der Waals surface area (Å²) in [7, 11) is 2.16. The number of rotatable bonds is 8. The van der Waals surface area contributed by atoms with E-state index >= 15 is 0 Å². The molecular formula is C23H30N6O. The Morgan fingerprint density at radius 3 is 2.67 bits per heavy atom. The van der Waals surface area contributed by atoms with Crippen LogP contribution in [-0.2, 0) is 13.0 Å². The fraction of sp³-hybridized carbons (Fsp3) is 0.435. The minimum Gasteiger partial charge on any atom is -0.352 e. The van der Waals surface area contributed by atoms with E-state index in [1.54, 1.807) is 12.5 Å². The Hall–Kier alpha value is -2.77. The molecule has 1 aromatic carbocycles. The molecule has 1 saturated heterocycles. The zero-order chi connectivity index (χ0) is 20.8. The van der Waals surface area contributed by atoms with Crippen molar-refractivity contribution < 1.29 is 4.79 Å². The third-order valence-corrected chi connectivity index (χ3v) is 5.73. The molecule has 0 radical (unpaired) electrons. The number of aryl methyl sites for hydroxylation is 2. The molecule has 2 aromatic heterocycles. The van der Waals surface area contributed by atoms with Gasteiger partial charge in [-0.25, -0.2) is 9.97 Å². The van der Waals surface area contributed by atoms with Gasteiger partial charge in [-0.3, -0.25) is 4.79 Å². The standard InChI is InChI=1S/C23H30N6O/c1-27-12-14-28(15-13-27)10-5-9-24-23(30)20-16-21-22(25-17-20)29(18-26-21)11-8-19-6-3-2-4-7-19/h2-4,6-7,16-18H,5,8-15H2,1H3,(H,24,30). The highest BCUT2D eigenvalue weighted by Gasteiger charge is 2.14. The van der Waals surface area contributed by atoms with Crippen molar-refractivity contribution in [2.45, 2.75) is 19.4 Å². The topological polar surface area (TPSA) is 66.3 Å². The molecule has 0 atom stereocenters. The van der Waals surface area contributed by atoms with Crippen LogP contribution in [0, 0.1) is 0 Å². The van der Waals surface area contributed by atoms with Gasteiger partial charge < -0.3 is 19.7 Å². The van der Waals surface area contributed by atoms with Gasteiger partial charge in [-0.15, -0.1) is 0 Å². The molecule has 4 rings (SSSR count). The molecule has 0 saturated carbocycles. The number of nitrogens with zero attached hydrogens (tertiary/aromatic N) is 5. The van der Waals surface area contributed by atoms with Crippen LogP contribution in [-0.4, -0.2) is 76.6 Å². The highest BCUT2D eigenvalue weighted by atomic mass is 16.1. The highest BCUT2D eigenvalue weighted by Crippen LogP contribution is 2.13. The number of fused-ring (bicyclic) bond motifs is 1. The predicted octanol–water partition coefficient (Wildman–Crippen LogP) is 2.04. The molecule has 30 heavy (non-hydrogen) atoms. The Balaban J connectivity index is 1.27. The van der Waals surface area contributed by atoms with E-state index in [9.17, 15) is 4.79 Å². The Kier molecular flexibility index (Phi) is 6.71. The number of nitrogens with one attached hydrogen (secondary N) is 1. The highest BCUT2D eigenvalue weighted by molar-refractivity contribution is 5.96. The van der Waals surface area contributed by atoms with Crippen LogP contribution in [0.3, 0.4) is 0 Å². The Morgan fingerprint density at radius 2 is 1.87 bits per heavy atom. The maximum absolute atomic E-state index is 12.5. The number of benzene rings is 1. The first-order chi connectivity index (χ1) is 14.7. The molecular weight excluding hydrogens is 376 g/mol. The van der Waals surface area contributed by atoms with Crippen molar-refractivity contribution >= 4 is 17.1 Å². The summed E-state index contributed by atoms with van der Waals surface area (Å²) in [6.45, 7) is 6.97. The third kappa shape index (κ3) is 5.23. The average molecular weight is 407 g/mol. The second-order valence-corrected chi connectivity index (χ2v) is 7.99. The zero-order valence-corrected chi connectivity index (χ0v) is 17.6. The largest absolute Gasteiger partial charge is 0.352 e. The fourth-order valence-electron chi connectivity index (χ4n) is 3.81. The average Bonchev–Trinajstić information content (AvgIpc) is 3.19. The molecule has 1 fully saturated rings. The van der Waals surface area contributed by atoms with E-state index in [-0.39, 0.29) is 5.91 Å². The number of hydrogen-bond acceptors (Lipinski definition) is 5. The number of carbonyl (C=O) groups is 1. The van der Waals surface area contributed by atoms with Gasteiger partial charge in [0.25, 0.3) is 5.91 Å². The van der Waals surface area contributed by atoms with E-state index in [0.717, 1.165) is 63.3 Å². The lowest BCUT2D eigenvalue weighted by Crippen LogP contribution is -2.45. The van der Waals surface area contributed by atoms with Gasteiger partial charge in [0.15, 0.2) is 5.65 Å². The van der Waals surface area contributed by atoms with Gasteiger partial charge in [0.1, 0.15) is 5.52 Å². The molecule has 3 aromatic rings. The Morgan fingerprint density at radius 1 is 1.07 bits per heavy atom. The summed E-state index contributed by atoms with van der Waals surface area (Å²) < 4.78 is 2.04. The number of amides is 1. The molecule has 1 aliphatic rings. The number of carbonyl (C=O) groups excluding carboxylic acids is 1. The van der Waals surface area contributed by atoms with Crippen molar-refractivity contribution in [1.82, 2.24) is 29.7 Å². The first-order valence-corrected chi connectivity index (χ1v) is 10.7. The van der Waals surface area contributed by atoms with Gasteiger partial charge in [0.2, 0.25) is 0 Å². The van der Waals surface area contributed by atoms with Gasteiger partial charge >= 0.3 is 0 Å². The summed E-state index contributed by atoms with van der Waals surface area (Å²) >= 11 is 0. The number of hydrogen-bond donors (Lipinski definition) is 1. The number of piperazine rings is 1. The maximum atomic E-state index is 12.5. The molecule has 3 heterocycles. The van der Waals surface area contributed by atoms with Crippen LogP contribution in [0.25, 0.3) is 11.2 Å². The van der Waals surface area contributed by atoms with E-state index in [0.29, 0.717) is 12.1 Å². The SMILES string of the molecule is CN1CCN(CCCNC(=O)c2cnc3c(c2)ncn3CCc2ccccc2)CC1. The molecule has 7 nitrogen and oxygen atoms in total. The number of imidazole rings is 1. The minimum atomic E-state index is -0.0818. The van der Waals surface area contributed by atoms with Crippen LogP contribution in [0.1, 0.15) is 22.3 Å². The second-order valence-electron chi connectivity index (χ2n) is 7.99. The molecule has 0 aliphatic carbocycles. The summed E-state index contributed by atoms with van der Waals surface area (Å²) in [4.78, 5) is 26.3. The summed E-state index contributed by atoms with van der Waals surface area (Å²) in [5, 5.41) is 3.01. The van der Waals surface area contributed by atoms with Crippen molar-refractivity contribution in [3.63, 3.8) is 0 Å². The predicted molar refractivity (Wildman–Crippen MR) is 119 cm³/mol. The lowest BCUT2D eigenvalue weighted by atomic mass is 10.1. The molecule has 1 amide bonds. The van der Waals surface area contributed by atoms with Crippen LogP contribution in [0.15, 0.2) is 48.9 Å². The van der Waals surface area contributed by atoms with Crippen molar-refractivity contribution in [3.05, 3.63) is 60.0 Å². The third-order valence-electron chi connectivity index (χ3n) is 5.73. The lowest BCUT2D eigenvalue weighted by molar-refractivity contribution is 0.0949. The molecule has 158 valence electrons. The normalized spacial score (nSPS) is 15.5. The smallest absolute Gasteiger partial charge is 0.252 e. The number of aromatic nitrogens is 3. The molecule has 0 spiro atoms. The summed E-state index contributed by atoms with van der Waals surface area (Å²) in [6.07, 6.45) is 5.33. The molecule has 1 aliphatic heterocycles. The van der Waals surface area contributed by atoms with Crippen LogP contribution in [0.5, 0.6) is 0 Å². The lowest BCUT2D eigenvalue weighted by Gasteiger charge is -2.32. The monoisotopic (exact) mass is 406 g/mol. The van der Waals surface area contributed by atoms with Crippen molar-refractivity contribution in [3.8, 4) is 0 Å². The van der Waals surface area contributed by atoms with Gasteiger partial charge in [-0.05, 0) is 38.1 Å². The van der Waals surface area contributed by atoms with E-state index in [1.807, 2.05) is 16.7 Å². The fourth-order valence-corrected chi connectivity index (χ4v) is 3.81. The van der Waals surface area contributed by atoms with Crippen LogP contribution < -0.4 is 5.32 Å². The van der Waals surface area contributed by atoms with Crippen molar-refractivity contribution in [2.75, 3.05) is 46.3 Å². The van der Waals surface area contributed by atoms with Crippen molar-refractivity contribution in [2.24, 2.45) is 0 Å². The summed E-state index contributed by atoms with van der Waals surface area (Å²) in [5.41, 5.74) is 3.42. The van der Waals surface area contributed by atoms with Crippen LogP contribution in [0.2, 0.25) is 0 Å². The van der Waals surface area contributed by atoms with Gasteiger partial charge in [0, 0.05) is 45.5 Å². The molecule has 0 unspecified atom stereocenters. The van der Waals surface area contributed by atoms with E-state index in [4.69, 9.17) is 0 Å². The number of pyridine rings is 1. The maximum Gasteiger partial charge on any atom is 0.252 e. The van der Waals surface area contributed by atoms with E-state index in [2.05, 4.69) is 56.4 Å².